The van der Waals surface area contributed by atoms with Crippen LogP contribution < -0.4 is 5.14 Å². The van der Waals surface area contributed by atoms with Crippen molar-refractivity contribution >= 4 is 16.0 Å². The largest absolute Gasteiger partial charge is 0.481 e. The Labute approximate surface area is 147 Å². The molecular weight excluding hydrogens is 363 g/mol. The third kappa shape index (κ3) is 3.63. The summed E-state index contributed by atoms with van der Waals surface area (Å²) in [6.45, 7) is 0. The molecule has 26 heavy (non-hydrogen) atoms. The maximum absolute atomic E-state index is 13.6. The molecule has 3 aromatic rings. The van der Waals surface area contributed by atoms with Crippen molar-refractivity contribution in [3.05, 3.63) is 60.1 Å². The fourth-order valence-corrected chi connectivity index (χ4v) is 3.04. The van der Waals surface area contributed by atoms with Crippen LogP contribution in [0.2, 0.25) is 0 Å². The fourth-order valence-electron chi connectivity index (χ4n) is 2.52. The van der Waals surface area contributed by atoms with Crippen molar-refractivity contribution in [3.8, 4) is 22.4 Å². The van der Waals surface area contributed by atoms with Crippen LogP contribution in [0.1, 0.15) is 5.76 Å². The first-order chi connectivity index (χ1) is 12.3. The number of carbonyl (C=O) groups is 1. The molecular formula is C17H13FN2O5S. The number of carboxylic acids is 1. The van der Waals surface area contributed by atoms with Crippen LogP contribution in [-0.2, 0) is 21.2 Å². The van der Waals surface area contributed by atoms with Crippen LogP contribution in [-0.4, -0.2) is 24.7 Å². The topological polar surface area (TPSA) is 123 Å². The number of rotatable bonds is 5. The van der Waals surface area contributed by atoms with Gasteiger partial charge in [-0.2, -0.15) is 0 Å². The van der Waals surface area contributed by atoms with E-state index in [-0.39, 0.29) is 16.3 Å². The zero-order chi connectivity index (χ0) is 18.9. The standard InChI is InChI=1S/C17H13FN2O5S/c18-12-3-1-2-11(8-12)17-16(14(25-20-17)9-15(21)22)10-4-6-13(7-5-10)26(19,23)24/h1-8H,9H2,(H,21,22)(H2,19,23,24). The van der Waals surface area contributed by atoms with Crippen LogP contribution in [0.5, 0.6) is 0 Å². The molecule has 9 heteroatoms. The minimum absolute atomic E-state index is 0.0696. The van der Waals surface area contributed by atoms with Gasteiger partial charge in [-0.3, -0.25) is 4.79 Å². The molecule has 0 fully saturated rings. The molecule has 0 radical (unpaired) electrons. The molecule has 0 aliphatic heterocycles. The SMILES string of the molecule is NS(=O)(=O)c1ccc(-c2c(-c3cccc(F)c3)noc2CC(=O)O)cc1. The molecule has 1 aromatic heterocycles. The molecule has 1 heterocycles. The summed E-state index contributed by atoms with van der Waals surface area (Å²) in [5.74, 6) is -1.55. The highest BCUT2D eigenvalue weighted by atomic mass is 32.2. The van der Waals surface area contributed by atoms with E-state index < -0.39 is 28.2 Å². The first-order valence-corrected chi connectivity index (χ1v) is 8.90. The van der Waals surface area contributed by atoms with Crippen LogP contribution >= 0.6 is 0 Å². The summed E-state index contributed by atoms with van der Waals surface area (Å²) in [7, 11) is -3.87. The van der Waals surface area contributed by atoms with Crippen LogP contribution in [0.4, 0.5) is 4.39 Å². The zero-order valence-electron chi connectivity index (χ0n) is 13.2. The van der Waals surface area contributed by atoms with Gasteiger partial charge in [-0.1, -0.05) is 29.4 Å². The van der Waals surface area contributed by atoms with Gasteiger partial charge in [0.25, 0.3) is 0 Å². The van der Waals surface area contributed by atoms with E-state index in [1.165, 1.54) is 42.5 Å². The lowest BCUT2D eigenvalue weighted by Crippen LogP contribution is -2.11. The number of nitrogens with two attached hydrogens (primary N) is 1. The van der Waals surface area contributed by atoms with Gasteiger partial charge in [0.05, 0.1) is 10.5 Å². The van der Waals surface area contributed by atoms with E-state index in [0.717, 1.165) is 0 Å². The monoisotopic (exact) mass is 376 g/mol. The Morgan fingerprint density at radius 1 is 1.15 bits per heavy atom. The number of halogens is 1. The highest BCUT2D eigenvalue weighted by Gasteiger charge is 2.22. The minimum atomic E-state index is -3.87. The number of benzene rings is 2. The van der Waals surface area contributed by atoms with E-state index in [9.17, 15) is 17.6 Å². The smallest absolute Gasteiger partial charge is 0.311 e. The van der Waals surface area contributed by atoms with Crippen molar-refractivity contribution < 1.29 is 27.2 Å². The average molecular weight is 376 g/mol. The fraction of sp³-hybridized carbons (Fsp3) is 0.0588. The number of aromatic nitrogens is 1. The number of hydrogen-bond donors (Lipinski definition) is 2. The van der Waals surface area contributed by atoms with Gasteiger partial charge in [0, 0.05) is 5.56 Å². The number of nitrogens with zero attached hydrogens (tertiary/aromatic N) is 1. The Balaban J connectivity index is 2.17. The van der Waals surface area contributed by atoms with Gasteiger partial charge in [0.1, 0.15) is 17.9 Å². The third-order valence-electron chi connectivity index (χ3n) is 3.64. The predicted molar refractivity (Wildman–Crippen MR) is 90.0 cm³/mol. The molecule has 0 atom stereocenters. The van der Waals surface area contributed by atoms with E-state index in [0.29, 0.717) is 16.7 Å². The normalized spacial score (nSPS) is 11.5. The summed E-state index contributed by atoms with van der Waals surface area (Å²) in [6.07, 6.45) is -0.436. The molecule has 0 aliphatic carbocycles. The lowest BCUT2D eigenvalue weighted by Gasteiger charge is -2.06. The van der Waals surface area contributed by atoms with Crippen LogP contribution in [0.3, 0.4) is 0 Å². The van der Waals surface area contributed by atoms with Gasteiger partial charge < -0.3 is 9.63 Å². The Morgan fingerprint density at radius 2 is 1.85 bits per heavy atom. The van der Waals surface area contributed by atoms with Gasteiger partial charge >= 0.3 is 5.97 Å². The lowest BCUT2D eigenvalue weighted by molar-refractivity contribution is -0.136. The zero-order valence-corrected chi connectivity index (χ0v) is 14.0. The first kappa shape index (κ1) is 17.8. The molecule has 0 bridgehead atoms. The molecule has 0 unspecified atom stereocenters. The van der Waals surface area contributed by atoms with Crippen molar-refractivity contribution in [2.75, 3.05) is 0 Å². The summed E-state index contributed by atoms with van der Waals surface area (Å²) in [5, 5.41) is 18.0. The maximum Gasteiger partial charge on any atom is 0.311 e. The summed E-state index contributed by atoms with van der Waals surface area (Å²) >= 11 is 0. The van der Waals surface area contributed by atoms with Crippen molar-refractivity contribution in [3.63, 3.8) is 0 Å². The summed E-state index contributed by atoms with van der Waals surface area (Å²) in [5.41, 5.74) is 1.47. The van der Waals surface area contributed by atoms with Crippen LogP contribution in [0, 0.1) is 5.82 Å². The average Bonchev–Trinajstić information content (AvgIpc) is 2.97. The molecule has 3 rings (SSSR count). The summed E-state index contributed by atoms with van der Waals surface area (Å²) < 4.78 is 41.5. The second-order valence-electron chi connectivity index (χ2n) is 5.48. The molecule has 7 nitrogen and oxygen atoms in total. The van der Waals surface area contributed by atoms with Gasteiger partial charge in [-0.05, 0) is 29.8 Å². The van der Waals surface area contributed by atoms with Crippen LogP contribution in [0.25, 0.3) is 22.4 Å². The lowest BCUT2D eigenvalue weighted by atomic mass is 9.98. The van der Waals surface area contributed by atoms with Crippen LogP contribution in [0.15, 0.2) is 57.9 Å². The number of sulfonamides is 1. The van der Waals surface area contributed by atoms with E-state index in [1.807, 2.05) is 0 Å². The van der Waals surface area contributed by atoms with Gasteiger partial charge in [-0.25, -0.2) is 17.9 Å². The molecule has 2 aromatic carbocycles. The molecule has 134 valence electrons. The highest BCUT2D eigenvalue weighted by molar-refractivity contribution is 7.89. The third-order valence-corrected chi connectivity index (χ3v) is 4.57. The van der Waals surface area contributed by atoms with Crippen molar-refractivity contribution in [2.24, 2.45) is 5.14 Å². The van der Waals surface area contributed by atoms with Gasteiger partial charge in [0.15, 0.2) is 5.76 Å². The van der Waals surface area contributed by atoms with Gasteiger partial charge in [0.2, 0.25) is 10.0 Å². The molecule has 0 saturated carbocycles. The van der Waals surface area contributed by atoms with E-state index in [1.54, 1.807) is 6.07 Å². The van der Waals surface area contributed by atoms with E-state index in [4.69, 9.17) is 14.8 Å². The van der Waals surface area contributed by atoms with Gasteiger partial charge in [-0.15, -0.1) is 0 Å². The Morgan fingerprint density at radius 3 is 2.42 bits per heavy atom. The molecule has 3 N–H and O–H groups in total. The second kappa shape index (κ2) is 6.70. The van der Waals surface area contributed by atoms with Crippen molar-refractivity contribution in [1.82, 2.24) is 5.16 Å². The highest BCUT2D eigenvalue weighted by Crippen LogP contribution is 2.35. The Kier molecular flexibility index (Phi) is 4.58. The van der Waals surface area contributed by atoms with Crippen molar-refractivity contribution in [2.45, 2.75) is 11.3 Å². The minimum Gasteiger partial charge on any atom is -0.481 e. The summed E-state index contributed by atoms with van der Waals surface area (Å²) in [4.78, 5) is 11.0. The Bertz CT molecular complexity index is 1070. The quantitative estimate of drug-likeness (QED) is 0.705. The molecule has 0 saturated heterocycles. The maximum atomic E-state index is 13.6. The number of carboxylic acid groups (broad SMARTS) is 1. The number of primary sulfonamides is 1. The van der Waals surface area contributed by atoms with E-state index >= 15 is 0 Å². The first-order valence-electron chi connectivity index (χ1n) is 7.35. The number of aliphatic carboxylic acids is 1. The molecule has 0 aliphatic rings. The number of hydrogen-bond acceptors (Lipinski definition) is 5. The summed E-state index contributed by atoms with van der Waals surface area (Å²) in [6, 6.07) is 11.1. The molecule has 0 amide bonds. The Hall–Kier alpha value is -3.04. The second-order valence-corrected chi connectivity index (χ2v) is 7.04. The predicted octanol–water partition coefficient (Wildman–Crippen LogP) is 2.42. The molecule has 0 spiro atoms. The van der Waals surface area contributed by atoms with E-state index in [2.05, 4.69) is 5.16 Å². The van der Waals surface area contributed by atoms with Crippen molar-refractivity contribution in [1.29, 1.82) is 0 Å².